The maximum absolute atomic E-state index is 10.8. The number of rotatable bonds is 1. The number of urea groups is 1. The SMILES string of the molecule is CC1CCC(N(C)C(N)=O)CC1.Cl. The van der Waals surface area contributed by atoms with Crippen LogP contribution in [0.4, 0.5) is 4.79 Å². The summed E-state index contributed by atoms with van der Waals surface area (Å²) < 4.78 is 0. The quantitative estimate of drug-likeness (QED) is 0.701. The number of carbonyl (C=O) groups is 1. The van der Waals surface area contributed by atoms with Crippen molar-refractivity contribution in [1.29, 1.82) is 0 Å². The van der Waals surface area contributed by atoms with Gasteiger partial charge in [0.15, 0.2) is 0 Å². The molecule has 0 saturated heterocycles. The molecule has 0 aromatic carbocycles. The second-order valence-electron chi connectivity index (χ2n) is 3.86. The molecule has 1 fully saturated rings. The van der Waals surface area contributed by atoms with Gasteiger partial charge in [0.1, 0.15) is 0 Å². The van der Waals surface area contributed by atoms with E-state index >= 15 is 0 Å². The summed E-state index contributed by atoms with van der Waals surface area (Å²) in [6.45, 7) is 2.26. The first-order valence-electron chi connectivity index (χ1n) is 4.63. The van der Waals surface area contributed by atoms with Crippen LogP contribution in [0.15, 0.2) is 0 Å². The van der Waals surface area contributed by atoms with Crippen LogP contribution in [0.2, 0.25) is 0 Å². The van der Waals surface area contributed by atoms with Crippen LogP contribution in [0.5, 0.6) is 0 Å². The molecule has 2 amide bonds. The van der Waals surface area contributed by atoms with Crippen LogP contribution < -0.4 is 5.73 Å². The minimum Gasteiger partial charge on any atom is -0.351 e. The summed E-state index contributed by atoms with van der Waals surface area (Å²) in [6, 6.07) is 0.0910. The second kappa shape index (κ2) is 5.32. The molecule has 2 N–H and O–H groups in total. The van der Waals surface area contributed by atoms with E-state index in [2.05, 4.69) is 6.92 Å². The lowest BCUT2D eigenvalue weighted by Gasteiger charge is -2.32. The molecule has 4 heteroatoms. The molecule has 3 nitrogen and oxygen atoms in total. The van der Waals surface area contributed by atoms with Gasteiger partial charge in [0, 0.05) is 13.1 Å². The maximum atomic E-state index is 10.8. The number of carbonyl (C=O) groups excluding carboxylic acids is 1. The van der Waals surface area contributed by atoms with Crippen molar-refractivity contribution < 1.29 is 4.79 Å². The van der Waals surface area contributed by atoms with E-state index in [0.717, 1.165) is 18.8 Å². The number of hydrogen-bond acceptors (Lipinski definition) is 1. The number of primary amides is 1. The normalized spacial score (nSPS) is 27.5. The van der Waals surface area contributed by atoms with Crippen molar-refractivity contribution >= 4 is 18.4 Å². The highest BCUT2D eigenvalue weighted by Crippen LogP contribution is 2.26. The maximum Gasteiger partial charge on any atom is 0.314 e. The summed E-state index contributed by atoms with van der Waals surface area (Å²) in [5, 5.41) is 0. The molecule has 78 valence electrons. The van der Waals surface area contributed by atoms with Gasteiger partial charge < -0.3 is 10.6 Å². The molecule has 0 aromatic rings. The number of nitrogens with two attached hydrogens (primary N) is 1. The zero-order valence-electron chi connectivity index (χ0n) is 8.32. The minimum absolute atomic E-state index is 0. The first kappa shape index (κ1) is 12.6. The summed E-state index contributed by atoms with van der Waals surface area (Å²) >= 11 is 0. The van der Waals surface area contributed by atoms with Crippen molar-refractivity contribution in [2.75, 3.05) is 7.05 Å². The minimum atomic E-state index is -0.297. The molecule has 0 radical (unpaired) electrons. The van der Waals surface area contributed by atoms with Crippen LogP contribution in [0.3, 0.4) is 0 Å². The third kappa shape index (κ3) is 3.43. The Balaban J connectivity index is 0.00000144. The van der Waals surface area contributed by atoms with Gasteiger partial charge in [-0.25, -0.2) is 4.79 Å². The highest BCUT2D eigenvalue weighted by molar-refractivity contribution is 5.85. The first-order valence-corrected chi connectivity index (χ1v) is 4.63. The fraction of sp³-hybridized carbons (Fsp3) is 0.889. The Morgan fingerprint density at radius 3 is 2.15 bits per heavy atom. The van der Waals surface area contributed by atoms with Gasteiger partial charge in [0.25, 0.3) is 0 Å². The van der Waals surface area contributed by atoms with E-state index in [1.54, 1.807) is 11.9 Å². The van der Waals surface area contributed by atoms with Crippen molar-refractivity contribution in [3.8, 4) is 0 Å². The third-order valence-electron chi connectivity index (χ3n) is 2.88. The molecule has 1 rings (SSSR count). The molecular weight excluding hydrogens is 188 g/mol. The van der Waals surface area contributed by atoms with E-state index in [1.165, 1.54) is 12.8 Å². The zero-order valence-corrected chi connectivity index (χ0v) is 9.14. The summed E-state index contributed by atoms with van der Waals surface area (Å²) in [6.07, 6.45) is 4.67. The van der Waals surface area contributed by atoms with Crippen molar-refractivity contribution in [3.63, 3.8) is 0 Å². The lowest BCUT2D eigenvalue weighted by Crippen LogP contribution is -2.42. The molecule has 13 heavy (non-hydrogen) atoms. The second-order valence-corrected chi connectivity index (χ2v) is 3.86. The van der Waals surface area contributed by atoms with Crippen LogP contribution in [-0.4, -0.2) is 24.0 Å². The van der Waals surface area contributed by atoms with E-state index in [-0.39, 0.29) is 18.4 Å². The van der Waals surface area contributed by atoms with E-state index in [1.807, 2.05) is 0 Å². The molecule has 1 aliphatic rings. The predicted molar refractivity (Wildman–Crippen MR) is 56.0 cm³/mol. The molecule has 1 aliphatic carbocycles. The summed E-state index contributed by atoms with van der Waals surface area (Å²) in [7, 11) is 1.79. The standard InChI is InChI=1S/C9H18N2O.ClH/c1-7-3-5-8(6-4-7)11(2)9(10)12;/h7-8H,3-6H2,1-2H3,(H2,10,12);1H. The largest absolute Gasteiger partial charge is 0.351 e. The molecule has 0 heterocycles. The summed E-state index contributed by atoms with van der Waals surface area (Å²) in [5.41, 5.74) is 5.19. The highest BCUT2D eigenvalue weighted by atomic mass is 35.5. The van der Waals surface area contributed by atoms with Crippen LogP contribution in [-0.2, 0) is 0 Å². The van der Waals surface area contributed by atoms with Gasteiger partial charge in [-0.3, -0.25) is 0 Å². The van der Waals surface area contributed by atoms with Gasteiger partial charge in [-0.05, 0) is 31.6 Å². The van der Waals surface area contributed by atoms with Gasteiger partial charge in [-0.2, -0.15) is 0 Å². The Labute approximate surface area is 86.1 Å². The number of halogens is 1. The van der Waals surface area contributed by atoms with Crippen LogP contribution in [0.1, 0.15) is 32.6 Å². The molecule has 1 saturated carbocycles. The fourth-order valence-electron chi connectivity index (χ4n) is 1.81. The molecular formula is C9H19ClN2O. The van der Waals surface area contributed by atoms with Crippen LogP contribution in [0.25, 0.3) is 0 Å². The number of nitrogens with zero attached hydrogens (tertiary/aromatic N) is 1. The van der Waals surface area contributed by atoms with Crippen molar-refractivity contribution in [3.05, 3.63) is 0 Å². The van der Waals surface area contributed by atoms with Gasteiger partial charge in [-0.15, -0.1) is 12.4 Å². The lowest BCUT2D eigenvalue weighted by atomic mass is 9.87. The topological polar surface area (TPSA) is 46.3 Å². The third-order valence-corrected chi connectivity index (χ3v) is 2.88. The van der Waals surface area contributed by atoms with Gasteiger partial charge in [0.05, 0.1) is 0 Å². The highest BCUT2D eigenvalue weighted by Gasteiger charge is 2.23. The molecule has 0 spiro atoms. The van der Waals surface area contributed by atoms with E-state index in [0.29, 0.717) is 6.04 Å². The molecule has 0 bridgehead atoms. The van der Waals surface area contributed by atoms with Crippen LogP contribution in [0, 0.1) is 5.92 Å². The smallest absolute Gasteiger partial charge is 0.314 e. The van der Waals surface area contributed by atoms with Crippen LogP contribution >= 0.6 is 12.4 Å². The fourth-order valence-corrected chi connectivity index (χ4v) is 1.81. The Hall–Kier alpha value is -0.440. The molecule has 0 aliphatic heterocycles. The Kier molecular flexibility index (Phi) is 5.14. The van der Waals surface area contributed by atoms with Gasteiger partial charge in [0.2, 0.25) is 0 Å². The Bertz CT molecular complexity index is 167. The van der Waals surface area contributed by atoms with E-state index in [4.69, 9.17) is 5.73 Å². The van der Waals surface area contributed by atoms with Crippen molar-refractivity contribution in [2.24, 2.45) is 11.7 Å². The van der Waals surface area contributed by atoms with Gasteiger partial charge >= 0.3 is 6.03 Å². The average molecular weight is 207 g/mol. The molecule has 0 aromatic heterocycles. The van der Waals surface area contributed by atoms with Crippen molar-refractivity contribution in [2.45, 2.75) is 38.6 Å². The van der Waals surface area contributed by atoms with E-state index < -0.39 is 0 Å². The van der Waals surface area contributed by atoms with E-state index in [9.17, 15) is 4.79 Å². The molecule has 0 atom stereocenters. The number of hydrogen-bond donors (Lipinski definition) is 1. The monoisotopic (exact) mass is 206 g/mol. The van der Waals surface area contributed by atoms with Gasteiger partial charge in [-0.1, -0.05) is 6.92 Å². The average Bonchev–Trinajstić information content (AvgIpc) is 2.04. The zero-order chi connectivity index (χ0) is 9.14. The Morgan fingerprint density at radius 2 is 1.77 bits per heavy atom. The summed E-state index contributed by atoms with van der Waals surface area (Å²) in [4.78, 5) is 12.5. The first-order chi connectivity index (χ1) is 5.61. The predicted octanol–water partition coefficient (Wildman–Crippen LogP) is 2.00. The Morgan fingerprint density at radius 1 is 1.31 bits per heavy atom. The molecule has 0 unspecified atom stereocenters. The number of amides is 2. The summed E-state index contributed by atoms with van der Waals surface area (Å²) in [5.74, 6) is 0.822. The lowest BCUT2D eigenvalue weighted by molar-refractivity contribution is 0.171. The van der Waals surface area contributed by atoms with Crippen molar-refractivity contribution in [1.82, 2.24) is 4.90 Å².